The average Bonchev–Trinajstić information content (AvgIpc) is 2.42. The smallest absolute Gasteiger partial charge is 0.0331 e. The van der Waals surface area contributed by atoms with Gasteiger partial charge in [-0.25, -0.2) is 0 Å². The zero-order chi connectivity index (χ0) is 12.8. The molecule has 18 heavy (non-hydrogen) atoms. The van der Waals surface area contributed by atoms with E-state index in [0.29, 0.717) is 6.04 Å². The molecule has 1 N–H and O–H groups in total. The summed E-state index contributed by atoms with van der Waals surface area (Å²) in [7, 11) is 0. The zero-order valence-corrected chi connectivity index (χ0v) is 12.0. The van der Waals surface area contributed by atoms with Gasteiger partial charge >= 0.3 is 0 Å². The van der Waals surface area contributed by atoms with Gasteiger partial charge in [0.05, 0.1) is 0 Å². The van der Waals surface area contributed by atoms with Crippen molar-refractivity contribution in [1.82, 2.24) is 10.3 Å². The number of nitrogens with one attached hydrogen (secondary N) is 1. The standard InChI is InChI=1S/C15H17BrN2/c1-2-15(13-5-3-4-6-14(13)16)18-11-12-7-9-17-10-8-12/h3-10,15,18H,2,11H2,1H3/t15-/m0/s1. The first-order valence-electron chi connectivity index (χ1n) is 6.18. The van der Waals surface area contributed by atoms with Gasteiger partial charge in [-0.1, -0.05) is 41.1 Å². The van der Waals surface area contributed by atoms with Crippen LogP contribution in [-0.2, 0) is 6.54 Å². The molecule has 0 spiro atoms. The molecule has 3 heteroatoms. The maximum absolute atomic E-state index is 4.03. The van der Waals surface area contributed by atoms with Crippen LogP contribution < -0.4 is 5.32 Å². The molecule has 0 aliphatic carbocycles. The summed E-state index contributed by atoms with van der Waals surface area (Å²) in [6, 6.07) is 12.8. The van der Waals surface area contributed by atoms with Crippen molar-refractivity contribution in [2.45, 2.75) is 25.9 Å². The van der Waals surface area contributed by atoms with E-state index in [1.807, 2.05) is 30.6 Å². The molecule has 94 valence electrons. The fraction of sp³-hybridized carbons (Fsp3) is 0.267. The van der Waals surface area contributed by atoms with Crippen molar-refractivity contribution < 1.29 is 0 Å². The molecule has 1 aromatic heterocycles. The third-order valence-corrected chi connectivity index (χ3v) is 3.71. The molecule has 0 unspecified atom stereocenters. The summed E-state index contributed by atoms with van der Waals surface area (Å²) in [6.45, 7) is 3.06. The largest absolute Gasteiger partial charge is 0.306 e. The number of rotatable bonds is 5. The highest BCUT2D eigenvalue weighted by atomic mass is 79.9. The topological polar surface area (TPSA) is 24.9 Å². The normalized spacial score (nSPS) is 12.3. The summed E-state index contributed by atoms with van der Waals surface area (Å²) in [4.78, 5) is 4.03. The highest BCUT2D eigenvalue weighted by Crippen LogP contribution is 2.25. The average molecular weight is 305 g/mol. The van der Waals surface area contributed by atoms with E-state index in [9.17, 15) is 0 Å². The Hall–Kier alpha value is -1.19. The number of benzene rings is 1. The minimum Gasteiger partial charge on any atom is -0.306 e. The second-order valence-corrected chi connectivity index (χ2v) is 5.07. The Morgan fingerprint density at radius 1 is 1.17 bits per heavy atom. The predicted octanol–water partition coefficient (Wildman–Crippen LogP) is 4.09. The zero-order valence-electron chi connectivity index (χ0n) is 10.4. The molecule has 1 aromatic carbocycles. The van der Waals surface area contributed by atoms with E-state index >= 15 is 0 Å². The van der Waals surface area contributed by atoms with Gasteiger partial charge in [0.1, 0.15) is 0 Å². The van der Waals surface area contributed by atoms with Gasteiger partial charge in [-0.2, -0.15) is 0 Å². The van der Waals surface area contributed by atoms with E-state index in [2.05, 4.69) is 51.4 Å². The van der Waals surface area contributed by atoms with Crippen LogP contribution in [0.1, 0.15) is 30.5 Å². The summed E-state index contributed by atoms with van der Waals surface area (Å²) in [5, 5.41) is 3.59. The van der Waals surface area contributed by atoms with Crippen molar-refractivity contribution in [1.29, 1.82) is 0 Å². The van der Waals surface area contributed by atoms with Gasteiger partial charge in [-0.3, -0.25) is 4.98 Å². The molecule has 0 aliphatic rings. The summed E-state index contributed by atoms with van der Waals surface area (Å²) in [5.41, 5.74) is 2.57. The van der Waals surface area contributed by atoms with Gasteiger partial charge in [0.15, 0.2) is 0 Å². The molecule has 0 aliphatic heterocycles. The Bertz CT molecular complexity index is 485. The number of hydrogen-bond donors (Lipinski definition) is 1. The van der Waals surface area contributed by atoms with Crippen molar-refractivity contribution in [2.24, 2.45) is 0 Å². The van der Waals surface area contributed by atoms with E-state index < -0.39 is 0 Å². The predicted molar refractivity (Wildman–Crippen MR) is 78.3 cm³/mol. The molecule has 0 saturated heterocycles. The SMILES string of the molecule is CC[C@H](NCc1ccncc1)c1ccccc1Br. The Kier molecular flexibility index (Phi) is 4.90. The van der Waals surface area contributed by atoms with Gasteiger partial charge in [0, 0.05) is 29.5 Å². The van der Waals surface area contributed by atoms with Gasteiger partial charge in [-0.15, -0.1) is 0 Å². The van der Waals surface area contributed by atoms with Crippen LogP contribution in [0.3, 0.4) is 0 Å². The molecule has 2 nitrogen and oxygen atoms in total. The second-order valence-electron chi connectivity index (χ2n) is 4.22. The molecule has 0 bridgehead atoms. The van der Waals surface area contributed by atoms with E-state index in [4.69, 9.17) is 0 Å². The first kappa shape index (κ1) is 13.2. The van der Waals surface area contributed by atoms with Gasteiger partial charge < -0.3 is 5.32 Å². The maximum Gasteiger partial charge on any atom is 0.0331 e. The Balaban J connectivity index is 2.04. The molecular formula is C15H17BrN2. The van der Waals surface area contributed by atoms with Crippen LogP contribution in [0, 0.1) is 0 Å². The lowest BCUT2D eigenvalue weighted by Crippen LogP contribution is -2.20. The molecule has 0 amide bonds. The lowest BCUT2D eigenvalue weighted by molar-refractivity contribution is 0.517. The van der Waals surface area contributed by atoms with Crippen LogP contribution in [0.4, 0.5) is 0 Å². The maximum atomic E-state index is 4.03. The van der Waals surface area contributed by atoms with Crippen molar-refractivity contribution in [3.63, 3.8) is 0 Å². The van der Waals surface area contributed by atoms with Crippen LogP contribution in [0.2, 0.25) is 0 Å². The quantitative estimate of drug-likeness (QED) is 0.900. The van der Waals surface area contributed by atoms with E-state index in [1.54, 1.807) is 0 Å². The number of aromatic nitrogens is 1. The Labute approximate surface area is 117 Å². The van der Waals surface area contributed by atoms with Crippen LogP contribution in [0.25, 0.3) is 0 Å². The molecule has 1 heterocycles. The molecular weight excluding hydrogens is 288 g/mol. The second kappa shape index (κ2) is 6.66. The minimum absolute atomic E-state index is 0.369. The summed E-state index contributed by atoms with van der Waals surface area (Å²) >= 11 is 3.61. The van der Waals surface area contributed by atoms with Crippen molar-refractivity contribution in [3.05, 3.63) is 64.4 Å². The Morgan fingerprint density at radius 3 is 2.56 bits per heavy atom. The van der Waals surface area contributed by atoms with Gasteiger partial charge in [0.2, 0.25) is 0 Å². The Morgan fingerprint density at radius 2 is 1.89 bits per heavy atom. The van der Waals surface area contributed by atoms with Crippen LogP contribution in [0.5, 0.6) is 0 Å². The summed E-state index contributed by atoms with van der Waals surface area (Å²) in [6.07, 6.45) is 4.72. The molecule has 0 radical (unpaired) electrons. The highest BCUT2D eigenvalue weighted by molar-refractivity contribution is 9.10. The monoisotopic (exact) mass is 304 g/mol. The van der Waals surface area contributed by atoms with Crippen molar-refractivity contribution >= 4 is 15.9 Å². The third kappa shape index (κ3) is 3.40. The summed E-state index contributed by atoms with van der Waals surface area (Å²) < 4.78 is 1.17. The lowest BCUT2D eigenvalue weighted by Gasteiger charge is -2.18. The molecule has 2 aromatic rings. The fourth-order valence-corrected chi connectivity index (χ4v) is 2.53. The number of pyridine rings is 1. The number of halogens is 1. The molecule has 0 saturated carbocycles. The molecule has 0 fully saturated rings. The third-order valence-electron chi connectivity index (χ3n) is 2.99. The van der Waals surface area contributed by atoms with Crippen molar-refractivity contribution in [2.75, 3.05) is 0 Å². The van der Waals surface area contributed by atoms with Crippen molar-refractivity contribution in [3.8, 4) is 0 Å². The van der Waals surface area contributed by atoms with Gasteiger partial charge in [0.25, 0.3) is 0 Å². The molecule has 1 atom stereocenters. The van der Waals surface area contributed by atoms with Crippen LogP contribution in [-0.4, -0.2) is 4.98 Å². The number of hydrogen-bond acceptors (Lipinski definition) is 2. The van der Waals surface area contributed by atoms with E-state index in [0.717, 1.165) is 13.0 Å². The van der Waals surface area contributed by atoms with Gasteiger partial charge in [-0.05, 0) is 35.7 Å². The fourth-order valence-electron chi connectivity index (χ4n) is 1.97. The molecule has 2 rings (SSSR count). The highest BCUT2D eigenvalue weighted by Gasteiger charge is 2.11. The van der Waals surface area contributed by atoms with Crippen LogP contribution in [0.15, 0.2) is 53.3 Å². The van der Waals surface area contributed by atoms with E-state index in [-0.39, 0.29) is 0 Å². The number of nitrogens with zero attached hydrogens (tertiary/aromatic N) is 1. The first-order chi connectivity index (χ1) is 8.81. The van der Waals surface area contributed by atoms with Crippen LogP contribution >= 0.6 is 15.9 Å². The van der Waals surface area contributed by atoms with E-state index in [1.165, 1.54) is 15.6 Å². The first-order valence-corrected chi connectivity index (χ1v) is 6.97. The summed E-state index contributed by atoms with van der Waals surface area (Å²) in [5.74, 6) is 0. The minimum atomic E-state index is 0.369. The lowest BCUT2D eigenvalue weighted by atomic mass is 10.0.